The molecular formula is C26H38IN3O3. The summed E-state index contributed by atoms with van der Waals surface area (Å²) in [6.07, 6.45) is 1.13. The highest BCUT2D eigenvalue weighted by Crippen LogP contribution is 2.17. The number of ether oxygens (including phenoxy) is 3. The number of hydrogen-bond acceptors (Lipinski definition) is 4. The zero-order chi connectivity index (χ0) is 22.4. The lowest BCUT2D eigenvalue weighted by molar-refractivity contribution is 0.0453. The van der Waals surface area contributed by atoms with Crippen LogP contribution in [0.3, 0.4) is 0 Å². The zero-order valence-electron chi connectivity index (χ0n) is 19.9. The first-order chi connectivity index (χ1) is 15.8. The Hall–Kier alpha value is -1.68. The van der Waals surface area contributed by atoms with E-state index in [0.29, 0.717) is 32.3 Å². The molecule has 0 saturated carbocycles. The topological polar surface area (TPSA) is 55.3 Å². The van der Waals surface area contributed by atoms with Crippen molar-refractivity contribution in [1.82, 2.24) is 10.2 Å². The molecule has 1 aliphatic rings. The summed E-state index contributed by atoms with van der Waals surface area (Å²) in [6, 6.07) is 18.8. The molecule has 0 aromatic heterocycles. The van der Waals surface area contributed by atoms with Crippen molar-refractivity contribution in [3.05, 3.63) is 71.3 Å². The average Bonchev–Trinajstić information content (AvgIpc) is 3.29. The number of rotatable bonds is 12. The van der Waals surface area contributed by atoms with Crippen molar-refractivity contribution in [1.29, 1.82) is 0 Å². The number of hydrogen-bond donors (Lipinski definition) is 1. The number of nitrogens with zero attached hydrogens (tertiary/aromatic N) is 2. The number of benzene rings is 2. The summed E-state index contributed by atoms with van der Waals surface area (Å²) in [5.74, 6) is 1.49. The summed E-state index contributed by atoms with van der Waals surface area (Å²) in [4.78, 5) is 6.83. The highest BCUT2D eigenvalue weighted by atomic mass is 127. The SMILES string of the molecule is CCOCCOCc1cccc(CNC(=NC)N2CCC(COCc3ccccc3)C2)c1.I. The first-order valence-corrected chi connectivity index (χ1v) is 11.6. The fourth-order valence-corrected chi connectivity index (χ4v) is 3.87. The lowest BCUT2D eigenvalue weighted by atomic mass is 10.1. The third-order valence-electron chi connectivity index (χ3n) is 5.55. The van der Waals surface area contributed by atoms with Gasteiger partial charge in [-0.25, -0.2) is 0 Å². The Balaban J connectivity index is 0.00000385. The van der Waals surface area contributed by atoms with E-state index in [0.717, 1.165) is 45.2 Å². The molecule has 2 aromatic carbocycles. The number of aliphatic imine (C=N–C) groups is 1. The first kappa shape index (κ1) is 27.6. The van der Waals surface area contributed by atoms with E-state index in [1.54, 1.807) is 0 Å². The van der Waals surface area contributed by atoms with Gasteiger partial charge in [0.05, 0.1) is 33.0 Å². The minimum atomic E-state index is 0. The third kappa shape index (κ3) is 10.00. The predicted octanol–water partition coefficient (Wildman–Crippen LogP) is 4.47. The van der Waals surface area contributed by atoms with Gasteiger partial charge in [-0.15, -0.1) is 24.0 Å². The van der Waals surface area contributed by atoms with Gasteiger partial charge in [0.2, 0.25) is 0 Å². The highest BCUT2D eigenvalue weighted by Gasteiger charge is 2.24. The van der Waals surface area contributed by atoms with Crippen molar-refractivity contribution in [2.24, 2.45) is 10.9 Å². The molecular weight excluding hydrogens is 529 g/mol. The molecule has 6 nitrogen and oxygen atoms in total. The van der Waals surface area contributed by atoms with Gasteiger partial charge in [-0.3, -0.25) is 4.99 Å². The fraction of sp³-hybridized carbons (Fsp3) is 0.500. The molecule has 7 heteroatoms. The minimum Gasteiger partial charge on any atom is -0.379 e. The van der Waals surface area contributed by atoms with E-state index < -0.39 is 0 Å². The van der Waals surface area contributed by atoms with E-state index in [1.807, 2.05) is 20.0 Å². The largest absolute Gasteiger partial charge is 0.379 e. The lowest BCUT2D eigenvalue weighted by Crippen LogP contribution is -2.39. The second kappa shape index (κ2) is 16.0. The number of halogens is 1. The molecule has 1 N–H and O–H groups in total. The summed E-state index contributed by atoms with van der Waals surface area (Å²) in [5.41, 5.74) is 3.62. The Morgan fingerprint density at radius 3 is 2.48 bits per heavy atom. The van der Waals surface area contributed by atoms with Gasteiger partial charge in [0.1, 0.15) is 0 Å². The molecule has 0 spiro atoms. The first-order valence-electron chi connectivity index (χ1n) is 11.6. The van der Waals surface area contributed by atoms with Gasteiger partial charge < -0.3 is 24.4 Å². The van der Waals surface area contributed by atoms with Crippen molar-refractivity contribution in [3.8, 4) is 0 Å². The van der Waals surface area contributed by atoms with Crippen molar-refractivity contribution in [2.45, 2.75) is 33.1 Å². The molecule has 1 unspecified atom stereocenters. The van der Waals surface area contributed by atoms with Crippen LogP contribution in [-0.4, -0.2) is 57.4 Å². The zero-order valence-corrected chi connectivity index (χ0v) is 22.2. The number of guanidine groups is 1. The molecule has 1 atom stereocenters. The molecule has 1 aliphatic heterocycles. The average molecular weight is 568 g/mol. The molecule has 0 amide bonds. The number of likely N-dealkylation sites (tertiary alicyclic amines) is 1. The molecule has 2 aromatic rings. The van der Waals surface area contributed by atoms with Gasteiger partial charge in [-0.05, 0) is 30.0 Å². The Bertz CT molecular complexity index is 819. The Kier molecular flexibility index (Phi) is 13.4. The van der Waals surface area contributed by atoms with Crippen LogP contribution in [0.15, 0.2) is 59.6 Å². The molecule has 33 heavy (non-hydrogen) atoms. The van der Waals surface area contributed by atoms with Crippen LogP contribution >= 0.6 is 24.0 Å². The Morgan fingerprint density at radius 1 is 0.970 bits per heavy atom. The summed E-state index contributed by atoms with van der Waals surface area (Å²) < 4.78 is 17.0. The van der Waals surface area contributed by atoms with Crippen LogP contribution in [0.4, 0.5) is 0 Å². The second-order valence-corrected chi connectivity index (χ2v) is 8.07. The van der Waals surface area contributed by atoms with Gasteiger partial charge in [0.25, 0.3) is 0 Å². The van der Waals surface area contributed by atoms with Crippen molar-refractivity contribution >= 4 is 29.9 Å². The van der Waals surface area contributed by atoms with Gasteiger partial charge in [-0.1, -0.05) is 54.6 Å². The lowest BCUT2D eigenvalue weighted by Gasteiger charge is -2.22. The molecule has 1 saturated heterocycles. The van der Waals surface area contributed by atoms with Crippen molar-refractivity contribution in [2.75, 3.05) is 46.6 Å². The highest BCUT2D eigenvalue weighted by molar-refractivity contribution is 14.0. The maximum Gasteiger partial charge on any atom is 0.193 e. The van der Waals surface area contributed by atoms with E-state index in [9.17, 15) is 0 Å². The van der Waals surface area contributed by atoms with Crippen LogP contribution in [0.1, 0.15) is 30.0 Å². The van der Waals surface area contributed by atoms with Gasteiger partial charge >= 0.3 is 0 Å². The molecule has 1 heterocycles. The normalized spacial score (nSPS) is 16.0. The summed E-state index contributed by atoms with van der Waals surface area (Å²) in [5, 5.41) is 3.52. The standard InChI is InChI=1S/C26H37N3O3.HI/c1-3-30-14-15-31-20-24-11-7-10-23(16-24)17-28-26(27-2)29-13-12-25(18-29)21-32-19-22-8-5-4-6-9-22;/h4-11,16,25H,3,12-15,17-21H2,1-2H3,(H,27,28);1H. The van der Waals surface area contributed by atoms with Crippen molar-refractivity contribution < 1.29 is 14.2 Å². The van der Waals surface area contributed by atoms with Crippen LogP contribution in [-0.2, 0) is 34.0 Å². The maximum atomic E-state index is 5.95. The summed E-state index contributed by atoms with van der Waals surface area (Å²) in [6.45, 7) is 8.77. The molecule has 3 rings (SSSR count). The maximum absolute atomic E-state index is 5.95. The molecule has 0 radical (unpaired) electrons. The van der Waals surface area contributed by atoms with Gasteiger partial charge in [0.15, 0.2) is 5.96 Å². The predicted molar refractivity (Wildman–Crippen MR) is 144 cm³/mol. The molecule has 0 aliphatic carbocycles. The van der Waals surface area contributed by atoms with Gasteiger partial charge in [-0.2, -0.15) is 0 Å². The quantitative estimate of drug-likeness (QED) is 0.178. The molecule has 1 fully saturated rings. The van der Waals surface area contributed by atoms with Crippen LogP contribution in [0.5, 0.6) is 0 Å². The smallest absolute Gasteiger partial charge is 0.193 e. The third-order valence-corrected chi connectivity index (χ3v) is 5.55. The van der Waals surface area contributed by atoms with E-state index >= 15 is 0 Å². The van der Waals surface area contributed by atoms with Gasteiger partial charge in [0, 0.05) is 39.2 Å². The molecule has 182 valence electrons. The Morgan fingerprint density at radius 2 is 1.70 bits per heavy atom. The summed E-state index contributed by atoms with van der Waals surface area (Å²) >= 11 is 0. The van der Waals surface area contributed by atoms with Crippen molar-refractivity contribution in [3.63, 3.8) is 0 Å². The van der Waals surface area contributed by atoms with Crippen LogP contribution in [0.25, 0.3) is 0 Å². The fourth-order valence-electron chi connectivity index (χ4n) is 3.87. The molecule has 0 bridgehead atoms. The Labute approximate surface area is 215 Å². The van der Waals surface area contributed by atoms with Crippen LogP contribution in [0.2, 0.25) is 0 Å². The number of nitrogens with one attached hydrogen (secondary N) is 1. The van der Waals surface area contributed by atoms with Crippen LogP contribution in [0, 0.1) is 5.92 Å². The van der Waals surface area contributed by atoms with E-state index in [2.05, 4.69) is 63.7 Å². The monoisotopic (exact) mass is 567 g/mol. The summed E-state index contributed by atoms with van der Waals surface area (Å²) in [7, 11) is 1.85. The van der Waals surface area contributed by atoms with E-state index in [1.165, 1.54) is 16.7 Å². The van der Waals surface area contributed by atoms with Crippen LogP contribution < -0.4 is 5.32 Å². The van der Waals surface area contributed by atoms with E-state index in [4.69, 9.17) is 14.2 Å². The van der Waals surface area contributed by atoms with E-state index in [-0.39, 0.29) is 24.0 Å². The second-order valence-electron chi connectivity index (χ2n) is 8.07. The minimum absolute atomic E-state index is 0.